The van der Waals surface area contributed by atoms with Gasteiger partial charge in [-0.25, -0.2) is 18.8 Å². The number of H-pyrrole nitrogens is 1. The van der Waals surface area contributed by atoms with E-state index < -0.39 is 54.4 Å². The van der Waals surface area contributed by atoms with Gasteiger partial charge in [-0.3, -0.25) is 14.3 Å². The van der Waals surface area contributed by atoms with Crippen molar-refractivity contribution in [2.75, 3.05) is 6.61 Å². The standard InChI is InChI=1S/C24H21FN2O7/c1-14-12-27(24(31)26-20(14)28)21-18(25)19(34-23(30)16-10-6-3-7-11-16)17(33-21)13-32-22(29)15-8-4-2-5-9-15/h2-12,17-19,21H,13H2,1H3,(H,26,28,31)/t17?,18-,19+,21-/m0/s1. The van der Waals surface area contributed by atoms with Crippen LogP contribution in [0.2, 0.25) is 0 Å². The Balaban J connectivity index is 1.59. The number of hydrogen-bond acceptors (Lipinski definition) is 7. The number of carbonyl (C=O) groups is 2. The first-order valence-electron chi connectivity index (χ1n) is 10.4. The molecular formula is C24H21FN2O7. The minimum atomic E-state index is -1.99. The fourth-order valence-electron chi connectivity index (χ4n) is 3.55. The Morgan fingerprint density at radius 3 is 2.21 bits per heavy atom. The van der Waals surface area contributed by atoms with Crippen LogP contribution >= 0.6 is 0 Å². The van der Waals surface area contributed by atoms with Gasteiger partial charge in [-0.05, 0) is 31.2 Å². The molecule has 34 heavy (non-hydrogen) atoms. The molecule has 0 amide bonds. The highest BCUT2D eigenvalue weighted by Crippen LogP contribution is 2.34. The number of aromatic amines is 1. The average Bonchev–Trinajstić information content (AvgIpc) is 3.15. The number of rotatable bonds is 6. The van der Waals surface area contributed by atoms with Crippen molar-refractivity contribution in [3.05, 3.63) is 104 Å². The van der Waals surface area contributed by atoms with Crippen LogP contribution in [0.4, 0.5) is 4.39 Å². The summed E-state index contributed by atoms with van der Waals surface area (Å²) in [5.74, 6) is -1.48. The number of benzene rings is 2. The van der Waals surface area contributed by atoms with Crippen molar-refractivity contribution in [1.29, 1.82) is 0 Å². The predicted molar refractivity (Wildman–Crippen MR) is 117 cm³/mol. The maximum atomic E-state index is 15.5. The van der Waals surface area contributed by atoms with Gasteiger partial charge >= 0.3 is 17.6 Å². The molecule has 4 atom stereocenters. The third-order valence-electron chi connectivity index (χ3n) is 5.33. The molecule has 3 aromatic rings. The summed E-state index contributed by atoms with van der Waals surface area (Å²) in [5, 5.41) is 0. The summed E-state index contributed by atoms with van der Waals surface area (Å²) in [6.45, 7) is 1.01. The lowest BCUT2D eigenvalue weighted by Crippen LogP contribution is -2.38. The van der Waals surface area contributed by atoms with Crippen molar-refractivity contribution in [2.24, 2.45) is 0 Å². The Bertz CT molecular complexity index is 1290. The second kappa shape index (κ2) is 9.84. The van der Waals surface area contributed by atoms with E-state index in [1.165, 1.54) is 19.1 Å². The average molecular weight is 468 g/mol. The first-order valence-corrected chi connectivity index (χ1v) is 10.4. The van der Waals surface area contributed by atoms with Gasteiger partial charge in [0.15, 0.2) is 18.5 Å². The van der Waals surface area contributed by atoms with E-state index in [0.29, 0.717) is 0 Å². The summed E-state index contributed by atoms with van der Waals surface area (Å²) in [4.78, 5) is 51.0. The molecule has 4 rings (SSSR count). The molecule has 0 aliphatic carbocycles. The molecule has 1 fully saturated rings. The van der Waals surface area contributed by atoms with E-state index in [9.17, 15) is 19.2 Å². The zero-order valence-corrected chi connectivity index (χ0v) is 18.1. The largest absolute Gasteiger partial charge is 0.459 e. The predicted octanol–water partition coefficient (Wildman–Crippen LogP) is 2.16. The third-order valence-corrected chi connectivity index (χ3v) is 5.33. The van der Waals surface area contributed by atoms with Gasteiger partial charge in [0.05, 0.1) is 11.1 Å². The Kier molecular flexibility index (Phi) is 6.69. The molecule has 176 valence electrons. The number of nitrogens with zero attached hydrogens (tertiary/aromatic N) is 1. The van der Waals surface area contributed by atoms with Crippen molar-refractivity contribution in [2.45, 2.75) is 31.5 Å². The number of aromatic nitrogens is 2. The van der Waals surface area contributed by atoms with Crippen molar-refractivity contribution < 1.29 is 28.2 Å². The number of hydrogen-bond donors (Lipinski definition) is 1. The first kappa shape index (κ1) is 23.1. The molecule has 2 aromatic carbocycles. The summed E-state index contributed by atoms with van der Waals surface area (Å²) in [6.07, 6.45) is -5.04. The van der Waals surface area contributed by atoms with Gasteiger partial charge in [0.1, 0.15) is 12.7 Å². The Labute approximate surface area is 192 Å². The molecule has 0 radical (unpaired) electrons. The lowest BCUT2D eigenvalue weighted by molar-refractivity contribution is -0.0592. The summed E-state index contributed by atoms with van der Waals surface area (Å²) >= 11 is 0. The van der Waals surface area contributed by atoms with Crippen molar-refractivity contribution in [3.63, 3.8) is 0 Å². The van der Waals surface area contributed by atoms with Gasteiger partial charge in [0.2, 0.25) is 0 Å². The van der Waals surface area contributed by atoms with Crippen LogP contribution in [-0.4, -0.2) is 46.5 Å². The van der Waals surface area contributed by atoms with E-state index in [-0.39, 0.29) is 16.7 Å². The number of halogens is 1. The maximum absolute atomic E-state index is 15.5. The molecule has 0 spiro atoms. The first-order chi connectivity index (χ1) is 16.3. The molecule has 1 N–H and O–H groups in total. The van der Waals surface area contributed by atoms with E-state index >= 15 is 4.39 Å². The van der Waals surface area contributed by atoms with Crippen molar-refractivity contribution in [1.82, 2.24) is 9.55 Å². The molecule has 1 aliphatic rings. The second-order valence-electron chi connectivity index (χ2n) is 7.69. The minimum absolute atomic E-state index is 0.159. The van der Waals surface area contributed by atoms with Crippen LogP contribution in [0, 0.1) is 6.92 Å². The molecule has 0 bridgehead atoms. The van der Waals surface area contributed by atoms with E-state index in [1.54, 1.807) is 48.5 Å². The molecule has 2 heterocycles. The number of alkyl halides is 1. The van der Waals surface area contributed by atoms with Crippen LogP contribution in [0.5, 0.6) is 0 Å². The zero-order chi connectivity index (χ0) is 24.2. The van der Waals surface area contributed by atoms with Crippen molar-refractivity contribution >= 4 is 11.9 Å². The molecule has 1 saturated heterocycles. The van der Waals surface area contributed by atoms with E-state index in [4.69, 9.17) is 14.2 Å². The normalized spacial score (nSPS) is 21.7. The summed E-state index contributed by atoms with van der Waals surface area (Å²) in [7, 11) is 0. The topological polar surface area (TPSA) is 117 Å². The molecule has 10 heteroatoms. The lowest BCUT2D eigenvalue weighted by Gasteiger charge is -2.19. The quantitative estimate of drug-likeness (QED) is 0.551. The van der Waals surface area contributed by atoms with Crippen molar-refractivity contribution in [3.8, 4) is 0 Å². The highest BCUT2D eigenvalue weighted by molar-refractivity contribution is 5.90. The third kappa shape index (κ3) is 4.81. The summed E-state index contributed by atoms with van der Waals surface area (Å²) in [6, 6.07) is 16.1. The lowest BCUT2D eigenvalue weighted by atomic mass is 10.1. The molecular weight excluding hydrogens is 447 g/mol. The van der Waals surface area contributed by atoms with Crippen LogP contribution in [0.15, 0.2) is 76.4 Å². The van der Waals surface area contributed by atoms with Crippen LogP contribution in [0.1, 0.15) is 32.5 Å². The van der Waals surface area contributed by atoms with Gasteiger partial charge < -0.3 is 14.2 Å². The second-order valence-corrected chi connectivity index (χ2v) is 7.69. The van der Waals surface area contributed by atoms with Gasteiger partial charge in [0, 0.05) is 11.8 Å². The van der Waals surface area contributed by atoms with Crippen LogP contribution < -0.4 is 11.2 Å². The fraction of sp³-hybridized carbons (Fsp3) is 0.250. The maximum Gasteiger partial charge on any atom is 0.338 e. The van der Waals surface area contributed by atoms with Gasteiger partial charge in [-0.1, -0.05) is 36.4 Å². The summed E-state index contributed by atoms with van der Waals surface area (Å²) < 4.78 is 32.7. The van der Waals surface area contributed by atoms with Gasteiger partial charge in [-0.15, -0.1) is 0 Å². The Hall–Kier alpha value is -4.05. The summed E-state index contributed by atoms with van der Waals surface area (Å²) in [5.41, 5.74) is -0.880. The number of carbonyl (C=O) groups excluding carboxylic acids is 2. The Morgan fingerprint density at radius 1 is 1.00 bits per heavy atom. The zero-order valence-electron chi connectivity index (χ0n) is 18.1. The van der Waals surface area contributed by atoms with Crippen LogP contribution in [-0.2, 0) is 14.2 Å². The number of esters is 2. The van der Waals surface area contributed by atoms with Gasteiger partial charge in [0.25, 0.3) is 5.56 Å². The monoisotopic (exact) mass is 468 g/mol. The Morgan fingerprint density at radius 2 is 1.59 bits per heavy atom. The van der Waals surface area contributed by atoms with E-state index in [2.05, 4.69) is 4.98 Å². The number of aryl methyl sites for hydroxylation is 1. The molecule has 0 saturated carbocycles. The van der Waals surface area contributed by atoms with E-state index in [0.717, 1.165) is 10.8 Å². The van der Waals surface area contributed by atoms with Gasteiger partial charge in [-0.2, -0.15) is 0 Å². The highest BCUT2D eigenvalue weighted by atomic mass is 19.1. The molecule has 9 nitrogen and oxygen atoms in total. The number of ether oxygens (including phenoxy) is 3. The minimum Gasteiger partial charge on any atom is -0.459 e. The fourth-order valence-corrected chi connectivity index (χ4v) is 3.55. The molecule has 1 aromatic heterocycles. The molecule has 1 unspecified atom stereocenters. The smallest absolute Gasteiger partial charge is 0.338 e. The molecule has 1 aliphatic heterocycles. The van der Waals surface area contributed by atoms with E-state index in [1.807, 2.05) is 0 Å². The van der Waals surface area contributed by atoms with Crippen LogP contribution in [0.3, 0.4) is 0 Å². The SMILES string of the molecule is Cc1cn([C@H]2OC(COC(=O)c3ccccc3)[C@@H](OC(=O)c3ccccc3)[C@@H]2F)c(=O)[nH]c1=O. The highest BCUT2D eigenvalue weighted by Gasteiger charge is 2.49. The number of nitrogens with one attached hydrogen (secondary N) is 1. The van der Waals surface area contributed by atoms with Crippen LogP contribution in [0.25, 0.3) is 0 Å².